The molecule has 3 aromatic rings. The lowest BCUT2D eigenvalue weighted by Gasteiger charge is -2.18. The molecule has 132 valence electrons. The molecule has 3 rings (SSSR count). The molecule has 0 spiro atoms. The summed E-state index contributed by atoms with van der Waals surface area (Å²) in [6.45, 7) is 5.70. The summed E-state index contributed by atoms with van der Waals surface area (Å²) in [7, 11) is 1.65. The Kier molecular flexibility index (Phi) is 4.43. The van der Waals surface area contributed by atoms with Gasteiger partial charge in [0.2, 0.25) is 5.16 Å². The number of methoxy groups -OCH3 is 2. The van der Waals surface area contributed by atoms with Crippen LogP contribution in [0, 0.1) is 20.8 Å². The Morgan fingerprint density at radius 1 is 1.08 bits per heavy atom. The van der Waals surface area contributed by atoms with Crippen LogP contribution in [0.5, 0.6) is 11.5 Å². The normalized spacial score (nSPS) is 12.4. The molecule has 1 atom stereocenters. The van der Waals surface area contributed by atoms with Crippen LogP contribution in [0.2, 0.25) is 0 Å². The van der Waals surface area contributed by atoms with E-state index in [1.807, 2.05) is 39.0 Å². The Labute approximate surface area is 148 Å². The van der Waals surface area contributed by atoms with Gasteiger partial charge in [0.05, 0.1) is 35.8 Å². The van der Waals surface area contributed by atoms with Crippen molar-refractivity contribution in [2.75, 3.05) is 20.0 Å². The SMILES string of the molecule is COc1ccc2nc(S(=O)c3c(C)c(OC)c(C)c(C)c3N)[nH]c2c1. The number of hydrogen-bond acceptors (Lipinski definition) is 5. The minimum Gasteiger partial charge on any atom is -0.497 e. The third-order valence-corrected chi connectivity index (χ3v) is 5.91. The number of nitrogens with zero attached hydrogens (tertiary/aromatic N) is 1. The van der Waals surface area contributed by atoms with E-state index in [-0.39, 0.29) is 0 Å². The second-order valence-electron chi connectivity index (χ2n) is 5.84. The first kappa shape index (κ1) is 17.3. The van der Waals surface area contributed by atoms with E-state index in [0.717, 1.165) is 27.7 Å². The van der Waals surface area contributed by atoms with Crippen LogP contribution < -0.4 is 15.2 Å². The van der Waals surface area contributed by atoms with Crippen molar-refractivity contribution >= 4 is 27.5 Å². The van der Waals surface area contributed by atoms with Crippen molar-refractivity contribution in [2.24, 2.45) is 0 Å². The first-order valence-corrected chi connectivity index (χ1v) is 8.92. The molecule has 1 heterocycles. The van der Waals surface area contributed by atoms with Crippen LogP contribution in [0.25, 0.3) is 11.0 Å². The number of aromatic amines is 1. The smallest absolute Gasteiger partial charge is 0.202 e. The minimum absolute atomic E-state index is 0.350. The van der Waals surface area contributed by atoms with Gasteiger partial charge in [0.25, 0.3) is 0 Å². The fraction of sp³-hybridized carbons (Fsp3) is 0.278. The molecule has 0 aliphatic heterocycles. The van der Waals surface area contributed by atoms with Gasteiger partial charge >= 0.3 is 0 Å². The van der Waals surface area contributed by atoms with Crippen molar-refractivity contribution in [3.8, 4) is 11.5 Å². The highest BCUT2D eigenvalue weighted by Gasteiger charge is 2.23. The molecule has 0 saturated carbocycles. The zero-order valence-corrected chi connectivity index (χ0v) is 15.7. The summed E-state index contributed by atoms with van der Waals surface area (Å²) in [6, 6.07) is 5.46. The molecule has 7 heteroatoms. The maximum Gasteiger partial charge on any atom is 0.202 e. The van der Waals surface area contributed by atoms with Crippen LogP contribution >= 0.6 is 0 Å². The Balaban J connectivity index is 2.17. The van der Waals surface area contributed by atoms with Crippen molar-refractivity contribution in [1.82, 2.24) is 9.97 Å². The van der Waals surface area contributed by atoms with Gasteiger partial charge in [-0.3, -0.25) is 0 Å². The molecule has 1 unspecified atom stereocenters. The van der Waals surface area contributed by atoms with E-state index < -0.39 is 10.8 Å². The number of benzene rings is 2. The number of ether oxygens (including phenoxy) is 2. The van der Waals surface area contributed by atoms with Crippen LogP contribution in [0.1, 0.15) is 16.7 Å². The molecule has 6 nitrogen and oxygen atoms in total. The van der Waals surface area contributed by atoms with E-state index in [1.165, 1.54) is 0 Å². The van der Waals surface area contributed by atoms with E-state index in [2.05, 4.69) is 9.97 Å². The van der Waals surface area contributed by atoms with E-state index in [9.17, 15) is 4.21 Å². The van der Waals surface area contributed by atoms with Gasteiger partial charge in [-0.2, -0.15) is 0 Å². The number of imidazole rings is 1. The maximum atomic E-state index is 13.2. The van der Waals surface area contributed by atoms with Crippen molar-refractivity contribution < 1.29 is 13.7 Å². The topological polar surface area (TPSA) is 90.2 Å². The molecule has 0 saturated heterocycles. The third kappa shape index (κ3) is 2.74. The van der Waals surface area contributed by atoms with Gasteiger partial charge in [-0.15, -0.1) is 0 Å². The van der Waals surface area contributed by atoms with E-state index in [4.69, 9.17) is 15.2 Å². The highest BCUT2D eigenvalue weighted by molar-refractivity contribution is 7.85. The number of H-pyrrole nitrogens is 1. The Hall–Kier alpha value is -2.54. The standard InChI is InChI=1S/C18H21N3O3S/c1-9-10(2)16(24-5)11(3)17(15(9)19)25(22)18-20-13-7-6-12(23-4)8-14(13)21-18/h6-8H,19H2,1-5H3,(H,20,21). The fourth-order valence-corrected chi connectivity index (χ4v) is 4.25. The Morgan fingerprint density at radius 2 is 1.80 bits per heavy atom. The van der Waals surface area contributed by atoms with E-state index in [1.54, 1.807) is 14.2 Å². The Morgan fingerprint density at radius 3 is 2.44 bits per heavy atom. The molecule has 0 radical (unpaired) electrons. The number of nitrogens with one attached hydrogen (secondary N) is 1. The predicted octanol–water partition coefficient (Wildman–Crippen LogP) is 3.25. The van der Waals surface area contributed by atoms with Crippen LogP contribution in [-0.2, 0) is 10.8 Å². The lowest BCUT2D eigenvalue weighted by molar-refractivity contribution is 0.406. The van der Waals surface area contributed by atoms with Gasteiger partial charge in [0.1, 0.15) is 22.3 Å². The molecule has 0 aliphatic carbocycles. The van der Waals surface area contributed by atoms with Gasteiger partial charge in [-0.05, 0) is 44.0 Å². The second-order valence-corrected chi connectivity index (χ2v) is 7.18. The molecule has 25 heavy (non-hydrogen) atoms. The van der Waals surface area contributed by atoms with Gasteiger partial charge < -0.3 is 20.2 Å². The van der Waals surface area contributed by atoms with Crippen molar-refractivity contribution in [1.29, 1.82) is 0 Å². The summed E-state index contributed by atoms with van der Waals surface area (Å²) >= 11 is 0. The number of fused-ring (bicyclic) bond motifs is 1. The zero-order valence-electron chi connectivity index (χ0n) is 14.9. The first-order chi connectivity index (χ1) is 11.9. The zero-order chi connectivity index (χ0) is 18.3. The van der Waals surface area contributed by atoms with Gasteiger partial charge in [-0.1, -0.05) is 0 Å². The van der Waals surface area contributed by atoms with E-state index in [0.29, 0.717) is 27.2 Å². The van der Waals surface area contributed by atoms with E-state index >= 15 is 0 Å². The molecule has 2 aromatic carbocycles. The lowest BCUT2D eigenvalue weighted by atomic mass is 10.0. The maximum absolute atomic E-state index is 13.2. The predicted molar refractivity (Wildman–Crippen MR) is 98.9 cm³/mol. The Bertz CT molecular complexity index is 995. The summed E-state index contributed by atoms with van der Waals surface area (Å²) in [5, 5.41) is 0.350. The molecular weight excluding hydrogens is 338 g/mol. The molecule has 3 N–H and O–H groups in total. The van der Waals surface area contributed by atoms with Crippen molar-refractivity contribution in [2.45, 2.75) is 30.8 Å². The number of aromatic nitrogens is 2. The second kappa shape index (κ2) is 6.40. The first-order valence-electron chi connectivity index (χ1n) is 7.77. The quantitative estimate of drug-likeness (QED) is 0.698. The van der Waals surface area contributed by atoms with Gasteiger partial charge in [0.15, 0.2) is 0 Å². The third-order valence-electron chi connectivity index (χ3n) is 4.47. The van der Waals surface area contributed by atoms with Crippen LogP contribution in [0.3, 0.4) is 0 Å². The van der Waals surface area contributed by atoms with Crippen molar-refractivity contribution in [3.63, 3.8) is 0 Å². The number of anilines is 1. The fourth-order valence-electron chi connectivity index (χ4n) is 2.95. The average Bonchev–Trinajstić information content (AvgIpc) is 3.03. The summed E-state index contributed by atoms with van der Waals surface area (Å²) < 4.78 is 23.9. The molecule has 1 aromatic heterocycles. The highest BCUT2D eigenvalue weighted by atomic mass is 32.2. The summed E-state index contributed by atoms with van der Waals surface area (Å²) in [6.07, 6.45) is 0. The number of rotatable bonds is 4. The van der Waals surface area contributed by atoms with Crippen LogP contribution in [0.15, 0.2) is 28.3 Å². The van der Waals surface area contributed by atoms with Crippen molar-refractivity contribution in [3.05, 3.63) is 34.9 Å². The molecule has 0 amide bonds. The summed E-state index contributed by atoms with van der Waals surface area (Å²) in [5.41, 5.74) is 10.8. The number of hydrogen-bond donors (Lipinski definition) is 2. The summed E-state index contributed by atoms with van der Waals surface area (Å²) in [5.74, 6) is 1.41. The highest BCUT2D eigenvalue weighted by Crippen LogP contribution is 2.37. The monoisotopic (exact) mass is 359 g/mol. The van der Waals surface area contributed by atoms with Gasteiger partial charge in [-0.25, -0.2) is 9.19 Å². The van der Waals surface area contributed by atoms with Crippen LogP contribution in [0.4, 0.5) is 5.69 Å². The molecule has 0 bridgehead atoms. The molecule has 0 fully saturated rings. The molecule has 0 aliphatic rings. The molecular formula is C18H21N3O3S. The minimum atomic E-state index is -1.55. The number of nitrogen functional groups attached to an aromatic ring is 1. The van der Waals surface area contributed by atoms with Gasteiger partial charge in [0, 0.05) is 11.6 Å². The average molecular weight is 359 g/mol. The lowest BCUT2D eigenvalue weighted by Crippen LogP contribution is -2.08. The number of nitrogens with two attached hydrogens (primary N) is 1. The largest absolute Gasteiger partial charge is 0.497 e. The van der Waals surface area contributed by atoms with Crippen LogP contribution in [-0.4, -0.2) is 28.4 Å². The summed E-state index contributed by atoms with van der Waals surface area (Å²) in [4.78, 5) is 8.09.